The maximum absolute atomic E-state index is 5.93. The van der Waals surface area contributed by atoms with Gasteiger partial charge in [0.15, 0.2) is 0 Å². The van der Waals surface area contributed by atoms with Crippen molar-refractivity contribution < 1.29 is 4.74 Å². The number of ether oxygens (including phenoxy) is 1. The smallest absolute Gasteiger partial charge is 0.0679 e. The van der Waals surface area contributed by atoms with E-state index in [0.717, 1.165) is 25.4 Å². The van der Waals surface area contributed by atoms with Crippen molar-refractivity contribution >= 4 is 0 Å². The van der Waals surface area contributed by atoms with Gasteiger partial charge in [0.05, 0.1) is 5.60 Å². The van der Waals surface area contributed by atoms with Crippen LogP contribution < -0.4 is 0 Å². The first-order valence-corrected chi connectivity index (χ1v) is 5.37. The van der Waals surface area contributed by atoms with Gasteiger partial charge in [-0.2, -0.15) is 0 Å². The first kappa shape index (κ1) is 10.0. The van der Waals surface area contributed by atoms with Gasteiger partial charge < -0.3 is 4.74 Å². The van der Waals surface area contributed by atoms with Crippen LogP contribution in [-0.2, 0) is 4.74 Å². The van der Waals surface area contributed by atoms with Crippen LogP contribution in [0.1, 0.15) is 52.9 Å². The second kappa shape index (κ2) is 4.27. The number of hydrogen-bond donors (Lipinski definition) is 0. The van der Waals surface area contributed by atoms with Gasteiger partial charge in [0, 0.05) is 6.61 Å². The molecular weight excluding hydrogens is 148 g/mol. The summed E-state index contributed by atoms with van der Waals surface area (Å²) in [6.07, 6.45) is 6.48. The SMILES string of the molecule is CCCOC(C)(CC)C1CCC1. The average Bonchev–Trinajstić information content (AvgIpc) is 1.98. The molecule has 0 aromatic heterocycles. The van der Waals surface area contributed by atoms with E-state index in [1.165, 1.54) is 19.3 Å². The fourth-order valence-electron chi connectivity index (χ4n) is 1.86. The average molecular weight is 170 g/mol. The van der Waals surface area contributed by atoms with Crippen LogP contribution in [0.15, 0.2) is 0 Å². The Hall–Kier alpha value is -0.0400. The van der Waals surface area contributed by atoms with E-state index in [2.05, 4.69) is 20.8 Å². The van der Waals surface area contributed by atoms with Crippen LogP contribution >= 0.6 is 0 Å². The first-order valence-electron chi connectivity index (χ1n) is 5.37. The lowest BCUT2D eigenvalue weighted by Crippen LogP contribution is -2.41. The summed E-state index contributed by atoms with van der Waals surface area (Å²) in [5, 5.41) is 0. The van der Waals surface area contributed by atoms with Gasteiger partial charge >= 0.3 is 0 Å². The van der Waals surface area contributed by atoms with Gasteiger partial charge in [-0.3, -0.25) is 0 Å². The molecule has 1 unspecified atom stereocenters. The Kier molecular flexibility index (Phi) is 3.57. The van der Waals surface area contributed by atoms with Crippen molar-refractivity contribution in [3.63, 3.8) is 0 Å². The Morgan fingerprint density at radius 1 is 1.33 bits per heavy atom. The quantitative estimate of drug-likeness (QED) is 0.614. The maximum Gasteiger partial charge on any atom is 0.0679 e. The lowest BCUT2D eigenvalue weighted by Gasteiger charge is -2.42. The van der Waals surface area contributed by atoms with E-state index in [4.69, 9.17) is 4.74 Å². The van der Waals surface area contributed by atoms with E-state index >= 15 is 0 Å². The maximum atomic E-state index is 5.93. The Labute approximate surface area is 76.5 Å². The molecule has 0 aromatic carbocycles. The molecular formula is C11H22O. The molecule has 1 heteroatoms. The summed E-state index contributed by atoms with van der Waals surface area (Å²) in [6, 6.07) is 0. The number of rotatable bonds is 5. The summed E-state index contributed by atoms with van der Waals surface area (Å²) in [6.45, 7) is 7.64. The molecule has 0 aliphatic heterocycles. The van der Waals surface area contributed by atoms with Crippen LogP contribution in [0.4, 0.5) is 0 Å². The topological polar surface area (TPSA) is 9.23 Å². The predicted molar refractivity (Wildman–Crippen MR) is 52.3 cm³/mol. The van der Waals surface area contributed by atoms with E-state index in [0.29, 0.717) is 0 Å². The van der Waals surface area contributed by atoms with Crippen molar-refractivity contribution in [1.82, 2.24) is 0 Å². The van der Waals surface area contributed by atoms with Gasteiger partial charge in [-0.1, -0.05) is 20.3 Å². The molecule has 72 valence electrons. The van der Waals surface area contributed by atoms with Crippen molar-refractivity contribution in [3.8, 4) is 0 Å². The lowest BCUT2D eigenvalue weighted by atomic mass is 9.72. The third kappa shape index (κ3) is 2.01. The van der Waals surface area contributed by atoms with Gasteiger partial charge in [0.1, 0.15) is 0 Å². The minimum Gasteiger partial charge on any atom is -0.375 e. The van der Waals surface area contributed by atoms with Crippen LogP contribution in [0, 0.1) is 5.92 Å². The molecule has 1 nitrogen and oxygen atoms in total. The van der Waals surface area contributed by atoms with E-state index in [9.17, 15) is 0 Å². The van der Waals surface area contributed by atoms with Crippen molar-refractivity contribution in [2.24, 2.45) is 5.92 Å². The molecule has 0 bridgehead atoms. The standard InChI is InChI=1S/C11H22O/c1-4-9-12-11(3,5-2)10-7-6-8-10/h10H,4-9H2,1-3H3. The summed E-state index contributed by atoms with van der Waals surface area (Å²) >= 11 is 0. The highest BCUT2D eigenvalue weighted by Crippen LogP contribution is 2.40. The van der Waals surface area contributed by atoms with Crippen molar-refractivity contribution in [3.05, 3.63) is 0 Å². The highest BCUT2D eigenvalue weighted by Gasteiger charge is 2.36. The fraction of sp³-hybridized carbons (Fsp3) is 1.00. The Balaban J connectivity index is 2.37. The largest absolute Gasteiger partial charge is 0.375 e. The summed E-state index contributed by atoms with van der Waals surface area (Å²) in [5.41, 5.74) is 0.189. The van der Waals surface area contributed by atoms with Gasteiger partial charge in [-0.05, 0) is 38.5 Å². The molecule has 0 aromatic rings. The van der Waals surface area contributed by atoms with Crippen molar-refractivity contribution in [1.29, 1.82) is 0 Å². The summed E-state index contributed by atoms with van der Waals surface area (Å²) in [7, 11) is 0. The summed E-state index contributed by atoms with van der Waals surface area (Å²) < 4.78 is 5.93. The molecule has 12 heavy (non-hydrogen) atoms. The molecule has 0 spiro atoms. The van der Waals surface area contributed by atoms with Gasteiger partial charge in [0.25, 0.3) is 0 Å². The van der Waals surface area contributed by atoms with Gasteiger partial charge in [0.2, 0.25) is 0 Å². The molecule has 0 saturated heterocycles. The van der Waals surface area contributed by atoms with Crippen LogP contribution in [0.2, 0.25) is 0 Å². The highest BCUT2D eigenvalue weighted by atomic mass is 16.5. The van der Waals surface area contributed by atoms with Gasteiger partial charge in [-0.25, -0.2) is 0 Å². The molecule has 0 heterocycles. The fourth-order valence-corrected chi connectivity index (χ4v) is 1.86. The molecule has 1 rings (SSSR count). The predicted octanol–water partition coefficient (Wildman–Crippen LogP) is 3.38. The minimum absolute atomic E-state index is 0.189. The molecule has 0 radical (unpaired) electrons. The van der Waals surface area contributed by atoms with E-state index in [1.54, 1.807) is 0 Å². The normalized spacial score (nSPS) is 23.2. The molecule has 0 amide bonds. The van der Waals surface area contributed by atoms with Gasteiger partial charge in [-0.15, -0.1) is 0 Å². The second-order valence-electron chi connectivity index (χ2n) is 4.14. The molecule has 1 aliphatic rings. The zero-order chi connectivity index (χ0) is 9.03. The number of hydrogen-bond acceptors (Lipinski definition) is 1. The highest BCUT2D eigenvalue weighted by molar-refractivity contribution is 4.88. The molecule has 0 N–H and O–H groups in total. The van der Waals surface area contributed by atoms with Crippen LogP contribution in [0.5, 0.6) is 0 Å². The second-order valence-corrected chi connectivity index (χ2v) is 4.14. The molecule has 1 fully saturated rings. The van der Waals surface area contributed by atoms with E-state index in [1.807, 2.05) is 0 Å². The first-order chi connectivity index (χ1) is 5.73. The van der Waals surface area contributed by atoms with Crippen LogP contribution in [0.3, 0.4) is 0 Å². The summed E-state index contributed by atoms with van der Waals surface area (Å²) in [5.74, 6) is 0.842. The monoisotopic (exact) mass is 170 g/mol. The third-order valence-electron chi connectivity index (χ3n) is 3.31. The third-order valence-corrected chi connectivity index (χ3v) is 3.31. The Morgan fingerprint density at radius 2 is 2.00 bits per heavy atom. The zero-order valence-electron chi connectivity index (χ0n) is 8.73. The van der Waals surface area contributed by atoms with Crippen molar-refractivity contribution in [2.45, 2.75) is 58.5 Å². The van der Waals surface area contributed by atoms with Crippen molar-refractivity contribution in [2.75, 3.05) is 6.61 Å². The van der Waals surface area contributed by atoms with Crippen LogP contribution in [0.25, 0.3) is 0 Å². The lowest BCUT2D eigenvalue weighted by molar-refractivity contribution is -0.0982. The zero-order valence-corrected chi connectivity index (χ0v) is 8.73. The van der Waals surface area contributed by atoms with E-state index < -0.39 is 0 Å². The molecule has 1 aliphatic carbocycles. The summed E-state index contributed by atoms with van der Waals surface area (Å²) in [4.78, 5) is 0. The molecule has 1 atom stereocenters. The minimum atomic E-state index is 0.189. The Bertz CT molecular complexity index is 129. The molecule has 1 saturated carbocycles. The van der Waals surface area contributed by atoms with Crippen LogP contribution in [-0.4, -0.2) is 12.2 Å². The van der Waals surface area contributed by atoms with E-state index in [-0.39, 0.29) is 5.60 Å². The Morgan fingerprint density at radius 3 is 2.33 bits per heavy atom.